The van der Waals surface area contributed by atoms with Crippen LogP contribution < -0.4 is 0 Å². The second kappa shape index (κ2) is 5.52. The number of rotatable bonds is 3. The predicted octanol–water partition coefficient (Wildman–Crippen LogP) is 2.57. The highest BCUT2D eigenvalue weighted by Crippen LogP contribution is 2.42. The van der Waals surface area contributed by atoms with Crippen LogP contribution in [0.5, 0.6) is 0 Å². The van der Waals surface area contributed by atoms with E-state index in [4.69, 9.17) is 4.74 Å². The zero-order valence-corrected chi connectivity index (χ0v) is 13.1. The van der Waals surface area contributed by atoms with Gasteiger partial charge in [0.2, 0.25) is 0 Å². The van der Waals surface area contributed by atoms with Crippen molar-refractivity contribution in [3.8, 4) is 0 Å². The molecule has 0 amide bonds. The Balaban J connectivity index is 1.40. The number of likely N-dealkylation sites (tertiary alicyclic amines) is 1. The first-order valence-electron chi connectivity index (χ1n) is 8.11. The summed E-state index contributed by atoms with van der Waals surface area (Å²) in [6, 6.07) is 10.8. The molecule has 116 valence electrons. The zero-order chi connectivity index (χ0) is 15.0. The van der Waals surface area contributed by atoms with Crippen molar-refractivity contribution in [2.45, 2.75) is 30.9 Å². The highest BCUT2D eigenvalue weighted by atomic mass is 16.5. The number of ether oxygens (including phenoxy) is 1. The van der Waals surface area contributed by atoms with Crippen LogP contribution in [0.3, 0.4) is 0 Å². The summed E-state index contributed by atoms with van der Waals surface area (Å²) >= 11 is 0. The van der Waals surface area contributed by atoms with E-state index < -0.39 is 0 Å². The van der Waals surface area contributed by atoms with Gasteiger partial charge in [-0.05, 0) is 18.4 Å². The third-order valence-corrected chi connectivity index (χ3v) is 5.04. The fraction of sp³-hybridized carbons (Fsp3) is 0.500. The maximum absolute atomic E-state index is 6.28. The summed E-state index contributed by atoms with van der Waals surface area (Å²) in [4.78, 5) is 2.50. The first-order valence-corrected chi connectivity index (χ1v) is 8.11. The molecule has 1 aromatic carbocycles. The van der Waals surface area contributed by atoms with Crippen molar-refractivity contribution in [3.63, 3.8) is 0 Å². The van der Waals surface area contributed by atoms with Gasteiger partial charge in [0.15, 0.2) is 0 Å². The van der Waals surface area contributed by atoms with E-state index in [1.807, 2.05) is 17.9 Å². The maximum atomic E-state index is 6.28. The van der Waals surface area contributed by atoms with Gasteiger partial charge in [-0.25, -0.2) is 0 Å². The van der Waals surface area contributed by atoms with E-state index in [0.29, 0.717) is 5.92 Å². The quantitative estimate of drug-likeness (QED) is 0.872. The SMILES string of the molecule is Cn1cc(CN2CCC3(CC(c4ccccc4)CO3)C2)cn1. The van der Waals surface area contributed by atoms with Crippen LogP contribution in [0, 0.1) is 0 Å². The normalized spacial score (nSPS) is 28.7. The number of nitrogens with zero attached hydrogens (tertiary/aromatic N) is 3. The molecule has 4 heteroatoms. The molecule has 4 rings (SSSR count). The predicted molar refractivity (Wildman–Crippen MR) is 85.6 cm³/mol. The number of benzene rings is 1. The monoisotopic (exact) mass is 297 g/mol. The minimum Gasteiger partial charge on any atom is -0.373 e. The Kier molecular flexibility index (Phi) is 3.51. The lowest BCUT2D eigenvalue weighted by Gasteiger charge is -2.23. The molecule has 1 aromatic heterocycles. The molecule has 0 aliphatic carbocycles. The minimum absolute atomic E-state index is 0.0721. The molecule has 0 saturated carbocycles. The Hall–Kier alpha value is -1.65. The van der Waals surface area contributed by atoms with Gasteiger partial charge in [0.1, 0.15) is 0 Å². The molecule has 2 aliphatic rings. The van der Waals surface area contributed by atoms with Gasteiger partial charge in [0.25, 0.3) is 0 Å². The topological polar surface area (TPSA) is 30.3 Å². The maximum Gasteiger partial charge on any atom is 0.0828 e. The van der Waals surface area contributed by atoms with Crippen LogP contribution in [0.2, 0.25) is 0 Å². The fourth-order valence-corrected chi connectivity index (χ4v) is 3.94. The lowest BCUT2D eigenvalue weighted by molar-refractivity contribution is 0.0118. The van der Waals surface area contributed by atoms with Gasteiger partial charge in [-0.3, -0.25) is 9.58 Å². The smallest absolute Gasteiger partial charge is 0.0828 e. The van der Waals surface area contributed by atoms with Crippen LogP contribution in [-0.4, -0.2) is 40.0 Å². The molecule has 2 fully saturated rings. The second-order valence-corrected chi connectivity index (χ2v) is 6.79. The summed E-state index contributed by atoms with van der Waals surface area (Å²) in [7, 11) is 1.97. The van der Waals surface area contributed by atoms with E-state index in [0.717, 1.165) is 39.1 Å². The molecule has 2 unspecified atom stereocenters. The molecular formula is C18H23N3O. The van der Waals surface area contributed by atoms with E-state index in [1.165, 1.54) is 11.1 Å². The molecule has 2 atom stereocenters. The molecule has 1 spiro atoms. The van der Waals surface area contributed by atoms with Crippen LogP contribution in [0.1, 0.15) is 29.9 Å². The third kappa shape index (κ3) is 2.69. The number of aromatic nitrogens is 2. The molecule has 0 radical (unpaired) electrons. The molecule has 22 heavy (non-hydrogen) atoms. The van der Waals surface area contributed by atoms with Gasteiger partial charge >= 0.3 is 0 Å². The van der Waals surface area contributed by atoms with Gasteiger partial charge in [-0.1, -0.05) is 30.3 Å². The van der Waals surface area contributed by atoms with Crippen LogP contribution in [0.4, 0.5) is 0 Å². The first kappa shape index (κ1) is 14.0. The van der Waals surface area contributed by atoms with Gasteiger partial charge in [-0.2, -0.15) is 5.10 Å². The zero-order valence-electron chi connectivity index (χ0n) is 13.1. The van der Waals surface area contributed by atoms with Crippen molar-refractivity contribution in [1.82, 2.24) is 14.7 Å². The van der Waals surface area contributed by atoms with Crippen LogP contribution in [0.15, 0.2) is 42.7 Å². The standard InChI is InChI=1S/C18H23N3O/c1-20-11-15(10-19-20)12-21-8-7-18(14-21)9-17(13-22-18)16-5-3-2-4-6-16/h2-6,10-11,17H,7-9,12-14H2,1H3. The largest absolute Gasteiger partial charge is 0.373 e. The highest BCUT2D eigenvalue weighted by Gasteiger charge is 2.45. The van der Waals surface area contributed by atoms with Gasteiger partial charge in [-0.15, -0.1) is 0 Å². The molecule has 2 aromatic rings. The Bertz CT molecular complexity index is 639. The van der Waals surface area contributed by atoms with Gasteiger partial charge in [0.05, 0.1) is 18.4 Å². The van der Waals surface area contributed by atoms with E-state index in [9.17, 15) is 0 Å². The summed E-state index contributed by atoms with van der Waals surface area (Å²) in [5.74, 6) is 0.555. The van der Waals surface area contributed by atoms with Crippen molar-refractivity contribution in [2.24, 2.45) is 7.05 Å². The number of hydrogen-bond donors (Lipinski definition) is 0. The van der Waals surface area contributed by atoms with Crippen LogP contribution in [0.25, 0.3) is 0 Å². The Morgan fingerprint density at radius 3 is 2.95 bits per heavy atom. The molecule has 2 aliphatic heterocycles. The van der Waals surface area contributed by atoms with Crippen LogP contribution in [-0.2, 0) is 18.3 Å². The Morgan fingerprint density at radius 1 is 1.32 bits per heavy atom. The highest BCUT2D eigenvalue weighted by molar-refractivity contribution is 5.22. The lowest BCUT2D eigenvalue weighted by Crippen LogP contribution is -2.32. The second-order valence-electron chi connectivity index (χ2n) is 6.79. The van der Waals surface area contributed by atoms with Crippen molar-refractivity contribution >= 4 is 0 Å². The van der Waals surface area contributed by atoms with E-state index in [2.05, 4.69) is 46.5 Å². The number of aryl methyl sites for hydroxylation is 1. The van der Waals surface area contributed by atoms with E-state index in [1.54, 1.807) is 0 Å². The Morgan fingerprint density at radius 2 is 2.18 bits per heavy atom. The summed E-state index contributed by atoms with van der Waals surface area (Å²) in [6.07, 6.45) is 6.37. The molecule has 0 bridgehead atoms. The van der Waals surface area contributed by atoms with Crippen LogP contribution >= 0.6 is 0 Å². The molecule has 2 saturated heterocycles. The summed E-state index contributed by atoms with van der Waals surface area (Å²) in [5, 5.41) is 4.26. The lowest BCUT2D eigenvalue weighted by atomic mass is 9.89. The van der Waals surface area contributed by atoms with E-state index in [-0.39, 0.29) is 5.60 Å². The van der Waals surface area contributed by atoms with Crippen molar-refractivity contribution in [1.29, 1.82) is 0 Å². The summed E-state index contributed by atoms with van der Waals surface area (Å²) in [6.45, 7) is 4.02. The summed E-state index contributed by atoms with van der Waals surface area (Å²) in [5.41, 5.74) is 2.78. The first-order chi connectivity index (χ1) is 10.7. The van der Waals surface area contributed by atoms with Crippen molar-refractivity contribution in [3.05, 3.63) is 53.9 Å². The minimum atomic E-state index is 0.0721. The average molecular weight is 297 g/mol. The van der Waals surface area contributed by atoms with E-state index >= 15 is 0 Å². The van der Waals surface area contributed by atoms with Crippen molar-refractivity contribution < 1.29 is 4.74 Å². The van der Waals surface area contributed by atoms with Crippen molar-refractivity contribution in [2.75, 3.05) is 19.7 Å². The Labute approximate surface area is 131 Å². The van der Waals surface area contributed by atoms with Gasteiger partial charge < -0.3 is 4.74 Å². The number of hydrogen-bond acceptors (Lipinski definition) is 3. The third-order valence-electron chi connectivity index (χ3n) is 5.04. The van der Waals surface area contributed by atoms with Gasteiger partial charge in [0, 0.05) is 44.4 Å². The fourth-order valence-electron chi connectivity index (χ4n) is 3.94. The molecule has 3 heterocycles. The average Bonchev–Trinajstić information content (AvgIpc) is 3.24. The molecule has 4 nitrogen and oxygen atoms in total. The molecular weight excluding hydrogens is 274 g/mol. The summed E-state index contributed by atoms with van der Waals surface area (Å²) < 4.78 is 8.15. The molecule has 0 N–H and O–H groups in total.